The molecule has 1 N–H and O–H groups in total. The van der Waals surface area contributed by atoms with Crippen molar-refractivity contribution in [2.24, 2.45) is 0 Å². The summed E-state index contributed by atoms with van der Waals surface area (Å²) < 4.78 is 23.2. The minimum absolute atomic E-state index is 0.131. The van der Waals surface area contributed by atoms with Gasteiger partial charge in [-0.25, -0.2) is 8.42 Å². The van der Waals surface area contributed by atoms with Crippen molar-refractivity contribution in [3.8, 4) is 0 Å². The van der Waals surface area contributed by atoms with Crippen LogP contribution in [0, 0.1) is 0 Å². The molecule has 0 fully saturated rings. The highest BCUT2D eigenvalue weighted by Gasteiger charge is 2.13. The van der Waals surface area contributed by atoms with Crippen LogP contribution in [0.2, 0.25) is 0 Å². The van der Waals surface area contributed by atoms with E-state index in [4.69, 9.17) is 0 Å². The van der Waals surface area contributed by atoms with E-state index in [0.717, 1.165) is 15.6 Å². The Hall–Kier alpha value is -0.910. The molecule has 0 saturated carbocycles. The van der Waals surface area contributed by atoms with Crippen molar-refractivity contribution >= 4 is 31.3 Å². The summed E-state index contributed by atoms with van der Waals surface area (Å²) in [6.07, 6.45) is 1.61. The molecule has 0 aliphatic carbocycles. The van der Waals surface area contributed by atoms with Gasteiger partial charge in [0.15, 0.2) is 0 Å². The molecule has 0 radical (unpaired) electrons. The van der Waals surface area contributed by atoms with Crippen LogP contribution in [0.15, 0.2) is 29.6 Å². The van der Waals surface area contributed by atoms with E-state index in [1.54, 1.807) is 11.3 Å². The summed E-state index contributed by atoms with van der Waals surface area (Å²) in [5.41, 5.74) is 0.907. The van der Waals surface area contributed by atoms with Gasteiger partial charge in [0.1, 0.15) is 9.84 Å². The predicted molar refractivity (Wildman–Crippen MR) is 75.7 cm³/mol. The molecule has 2 rings (SSSR count). The Morgan fingerprint density at radius 2 is 2.06 bits per heavy atom. The van der Waals surface area contributed by atoms with Crippen LogP contribution in [0.4, 0.5) is 0 Å². The monoisotopic (exact) mass is 284 g/mol. The summed E-state index contributed by atoms with van der Waals surface area (Å²) in [7, 11) is -2.94. The Labute approximate surface area is 111 Å². The number of benzene rings is 1. The van der Waals surface area contributed by atoms with E-state index in [2.05, 4.69) is 0 Å². The first kappa shape index (κ1) is 13.5. The van der Waals surface area contributed by atoms with E-state index in [0.29, 0.717) is 12.8 Å². The zero-order chi connectivity index (χ0) is 13.2. The lowest BCUT2D eigenvalue weighted by Gasteiger charge is -2.09. The molecule has 5 heteroatoms. The average molecular weight is 284 g/mol. The van der Waals surface area contributed by atoms with Gasteiger partial charge in [-0.1, -0.05) is 18.2 Å². The Kier molecular flexibility index (Phi) is 4.04. The topological polar surface area (TPSA) is 54.4 Å². The molecule has 0 aliphatic heterocycles. The number of fused-ring (bicyclic) bond motifs is 1. The van der Waals surface area contributed by atoms with Gasteiger partial charge in [-0.15, -0.1) is 11.3 Å². The van der Waals surface area contributed by atoms with Gasteiger partial charge in [0, 0.05) is 16.7 Å². The largest absolute Gasteiger partial charge is 0.388 e. The van der Waals surface area contributed by atoms with Crippen LogP contribution < -0.4 is 0 Å². The number of aliphatic hydroxyl groups is 1. The predicted octanol–water partition coefficient (Wildman–Crippen LogP) is 2.76. The van der Waals surface area contributed by atoms with Gasteiger partial charge in [0.05, 0.1) is 6.10 Å². The third-order valence-corrected chi connectivity index (χ3v) is 4.87. The van der Waals surface area contributed by atoms with Crippen molar-refractivity contribution in [3.05, 3.63) is 35.2 Å². The van der Waals surface area contributed by atoms with Crippen molar-refractivity contribution in [1.29, 1.82) is 0 Å². The molecule has 0 aliphatic rings. The highest BCUT2D eigenvalue weighted by molar-refractivity contribution is 7.90. The summed E-state index contributed by atoms with van der Waals surface area (Å²) >= 11 is 1.60. The number of hydrogen-bond donors (Lipinski definition) is 1. The van der Waals surface area contributed by atoms with Gasteiger partial charge in [0.2, 0.25) is 0 Å². The summed E-state index contributed by atoms with van der Waals surface area (Å²) in [6.45, 7) is 0. The molecule has 1 atom stereocenters. The van der Waals surface area contributed by atoms with Gasteiger partial charge in [-0.2, -0.15) is 0 Å². The lowest BCUT2D eigenvalue weighted by molar-refractivity contribution is 0.168. The van der Waals surface area contributed by atoms with Crippen LogP contribution in [0.25, 0.3) is 10.1 Å². The van der Waals surface area contributed by atoms with Crippen molar-refractivity contribution in [3.63, 3.8) is 0 Å². The summed E-state index contributed by atoms with van der Waals surface area (Å²) in [5.74, 6) is 0.131. The number of hydrogen-bond acceptors (Lipinski definition) is 4. The second-order valence-corrected chi connectivity index (χ2v) is 7.65. The molecule has 0 bridgehead atoms. The summed E-state index contributed by atoms with van der Waals surface area (Å²) in [5, 5.41) is 13.1. The Morgan fingerprint density at radius 3 is 2.78 bits per heavy atom. The van der Waals surface area contributed by atoms with Crippen LogP contribution in [0.1, 0.15) is 24.5 Å². The number of aliphatic hydroxyl groups excluding tert-OH is 1. The molecule has 3 nitrogen and oxygen atoms in total. The van der Waals surface area contributed by atoms with E-state index in [9.17, 15) is 13.5 Å². The molecular formula is C13H16O3S2. The zero-order valence-electron chi connectivity index (χ0n) is 10.2. The lowest BCUT2D eigenvalue weighted by Crippen LogP contribution is -2.05. The van der Waals surface area contributed by atoms with E-state index >= 15 is 0 Å². The van der Waals surface area contributed by atoms with Crippen LogP contribution in [-0.4, -0.2) is 25.5 Å². The van der Waals surface area contributed by atoms with E-state index in [1.165, 1.54) is 6.26 Å². The second-order valence-electron chi connectivity index (χ2n) is 4.48. The fraction of sp³-hybridized carbons (Fsp3) is 0.385. The van der Waals surface area contributed by atoms with Crippen molar-refractivity contribution < 1.29 is 13.5 Å². The van der Waals surface area contributed by atoms with Crippen molar-refractivity contribution in [1.82, 2.24) is 0 Å². The quantitative estimate of drug-likeness (QED) is 0.918. The second kappa shape index (κ2) is 5.38. The van der Waals surface area contributed by atoms with Crippen LogP contribution in [-0.2, 0) is 9.84 Å². The third kappa shape index (κ3) is 3.31. The molecule has 1 unspecified atom stereocenters. The van der Waals surface area contributed by atoms with Crippen molar-refractivity contribution in [2.75, 3.05) is 12.0 Å². The average Bonchev–Trinajstić information content (AvgIpc) is 2.70. The molecule has 0 amide bonds. The standard InChI is InChI=1S/C13H16O3S2/c1-18(15,16)8-4-6-12(14)11-9-17-13-7-3-2-5-10(11)13/h2-3,5,7,9,12,14H,4,6,8H2,1H3. The maximum absolute atomic E-state index is 11.0. The first-order valence-corrected chi connectivity index (χ1v) is 8.73. The maximum atomic E-state index is 11.0. The Bertz CT molecular complexity index is 628. The molecule has 1 aromatic heterocycles. The number of sulfone groups is 1. The Morgan fingerprint density at radius 1 is 1.33 bits per heavy atom. The highest BCUT2D eigenvalue weighted by Crippen LogP contribution is 2.32. The molecule has 18 heavy (non-hydrogen) atoms. The molecule has 98 valence electrons. The fourth-order valence-corrected chi connectivity index (χ4v) is 3.65. The lowest BCUT2D eigenvalue weighted by atomic mass is 10.0. The van der Waals surface area contributed by atoms with Gasteiger partial charge >= 0.3 is 0 Å². The highest BCUT2D eigenvalue weighted by atomic mass is 32.2. The smallest absolute Gasteiger partial charge is 0.147 e. The Balaban J connectivity index is 2.07. The van der Waals surface area contributed by atoms with E-state index in [-0.39, 0.29) is 5.75 Å². The van der Waals surface area contributed by atoms with Gasteiger partial charge in [0.25, 0.3) is 0 Å². The minimum atomic E-state index is -2.94. The molecule has 0 spiro atoms. The van der Waals surface area contributed by atoms with E-state index < -0.39 is 15.9 Å². The molecule has 1 heterocycles. The van der Waals surface area contributed by atoms with E-state index in [1.807, 2.05) is 29.6 Å². The molecule has 0 saturated heterocycles. The van der Waals surface area contributed by atoms with Crippen molar-refractivity contribution in [2.45, 2.75) is 18.9 Å². The molecular weight excluding hydrogens is 268 g/mol. The first-order chi connectivity index (χ1) is 8.47. The normalized spacial score (nSPS) is 13.9. The molecule has 2 aromatic rings. The third-order valence-electron chi connectivity index (χ3n) is 2.86. The number of rotatable bonds is 5. The van der Waals surface area contributed by atoms with Crippen LogP contribution in [0.5, 0.6) is 0 Å². The molecule has 1 aromatic carbocycles. The first-order valence-electron chi connectivity index (χ1n) is 5.79. The number of thiophene rings is 1. The van der Waals surface area contributed by atoms with Crippen LogP contribution in [0.3, 0.4) is 0 Å². The van der Waals surface area contributed by atoms with Gasteiger partial charge in [-0.3, -0.25) is 0 Å². The van der Waals surface area contributed by atoms with Gasteiger partial charge < -0.3 is 5.11 Å². The maximum Gasteiger partial charge on any atom is 0.147 e. The minimum Gasteiger partial charge on any atom is -0.388 e. The summed E-state index contributed by atoms with van der Waals surface area (Å²) in [6, 6.07) is 7.92. The fourth-order valence-electron chi connectivity index (χ4n) is 1.95. The SMILES string of the molecule is CS(=O)(=O)CCCC(O)c1csc2ccccc12. The van der Waals surface area contributed by atoms with Crippen LogP contribution >= 0.6 is 11.3 Å². The summed E-state index contributed by atoms with van der Waals surface area (Å²) in [4.78, 5) is 0. The van der Waals surface area contributed by atoms with Gasteiger partial charge in [-0.05, 0) is 35.2 Å². The zero-order valence-corrected chi connectivity index (χ0v) is 11.8.